The van der Waals surface area contributed by atoms with Gasteiger partial charge in [0.15, 0.2) is 6.61 Å². The minimum absolute atomic E-state index is 0.00644. The summed E-state index contributed by atoms with van der Waals surface area (Å²) in [6.45, 7) is 5.88. The molecule has 0 aliphatic heterocycles. The van der Waals surface area contributed by atoms with Crippen molar-refractivity contribution in [3.05, 3.63) is 29.3 Å². The summed E-state index contributed by atoms with van der Waals surface area (Å²) in [5.74, 6) is 0.589. The first-order chi connectivity index (χ1) is 8.40. The van der Waals surface area contributed by atoms with Crippen LogP contribution < -0.4 is 4.74 Å². The average molecular weight is 251 g/mol. The summed E-state index contributed by atoms with van der Waals surface area (Å²) in [5, 5.41) is 9.20. The third kappa shape index (κ3) is 4.37. The molecule has 4 heteroatoms. The van der Waals surface area contributed by atoms with E-state index < -0.39 is 6.10 Å². The van der Waals surface area contributed by atoms with Gasteiger partial charge >= 0.3 is 0 Å². The minimum Gasteiger partial charge on any atom is -0.483 e. The molecule has 1 amide bonds. The quantitative estimate of drug-likeness (QED) is 0.863. The second kappa shape index (κ2) is 6.40. The standard InChI is InChI=1S/C14H21NO3/c1-10-5-6-11(2)13(7-10)18-9-14(17)15(4)8-12(3)16/h5-7,12,16H,8-9H2,1-4H3. The molecule has 0 saturated carbocycles. The number of carbonyl (C=O) groups excluding carboxylic acids is 1. The molecule has 100 valence electrons. The van der Waals surface area contributed by atoms with Crippen molar-refractivity contribution in [1.29, 1.82) is 0 Å². The molecule has 1 aromatic rings. The molecule has 0 saturated heterocycles. The molecule has 1 rings (SSSR count). The maximum atomic E-state index is 11.7. The predicted molar refractivity (Wildman–Crippen MR) is 70.7 cm³/mol. The molecule has 18 heavy (non-hydrogen) atoms. The van der Waals surface area contributed by atoms with Crippen LogP contribution in [-0.4, -0.2) is 42.2 Å². The highest BCUT2D eigenvalue weighted by Gasteiger charge is 2.12. The van der Waals surface area contributed by atoms with Crippen LogP contribution in [0.5, 0.6) is 5.75 Å². The number of hydrogen-bond acceptors (Lipinski definition) is 3. The molecule has 1 aromatic carbocycles. The number of hydrogen-bond donors (Lipinski definition) is 1. The third-order valence-corrected chi connectivity index (χ3v) is 2.66. The molecule has 0 heterocycles. The zero-order valence-corrected chi connectivity index (χ0v) is 11.4. The van der Waals surface area contributed by atoms with E-state index in [-0.39, 0.29) is 12.5 Å². The Hall–Kier alpha value is -1.55. The molecule has 4 nitrogen and oxygen atoms in total. The highest BCUT2D eigenvalue weighted by molar-refractivity contribution is 5.77. The van der Waals surface area contributed by atoms with Crippen LogP contribution in [0.15, 0.2) is 18.2 Å². The molecular weight excluding hydrogens is 230 g/mol. The molecule has 0 bridgehead atoms. The second-order valence-electron chi connectivity index (χ2n) is 4.68. The van der Waals surface area contributed by atoms with Crippen LogP contribution in [-0.2, 0) is 4.79 Å². The van der Waals surface area contributed by atoms with Gasteiger partial charge in [0.05, 0.1) is 6.10 Å². The van der Waals surface area contributed by atoms with E-state index in [0.717, 1.165) is 16.9 Å². The maximum absolute atomic E-state index is 11.7. The van der Waals surface area contributed by atoms with E-state index in [0.29, 0.717) is 6.54 Å². The molecule has 1 unspecified atom stereocenters. The first-order valence-corrected chi connectivity index (χ1v) is 6.02. The van der Waals surface area contributed by atoms with Gasteiger partial charge in [-0.3, -0.25) is 4.79 Å². The van der Waals surface area contributed by atoms with Gasteiger partial charge in [0.2, 0.25) is 0 Å². The number of likely N-dealkylation sites (N-methyl/N-ethyl adjacent to an activating group) is 1. The van der Waals surface area contributed by atoms with Gasteiger partial charge in [-0.2, -0.15) is 0 Å². The fraction of sp³-hybridized carbons (Fsp3) is 0.500. The third-order valence-electron chi connectivity index (χ3n) is 2.66. The topological polar surface area (TPSA) is 49.8 Å². The van der Waals surface area contributed by atoms with Crippen molar-refractivity contribution in [2.75, 3.05) is 20.2 Å². The molecular formula is C14H21NO3. The van der Waals surface area contributed by atoms with Crippen molar-refractivity contribution >= 4 is 5.91 Å². The van der Waals surface area contributed by atoms with Crippen molar-refractivity contribution in [3.63, 3.8) is 0 Å². The lowest BCUT2D eigenvalue weighted by atomic mass is 10.1. The van der Waals surface area contributed by atoms with Gasteiger partial charge in [0, 0.05) is 13.6 Å². The number of benzene rings is 1. The lowest BCUT2D eigenvalue weighted by Crippen LogP contribution is -2.36. The highest BCUT2D eigenvalue weighted by atomic mass is 16.5. The van der Waals surface area contributed by atoms with Crippen molar-refractivity contribution in [2.45, 2.75) is 26.9 Å². The fourth-order valence-corrected chi connectivity index (χ4v) is 1.61. The number of amides is 1. The van der Waals surface area contributed by atoms with Crippen LogP contribution in [0.4, 0.5) is 0 Å². The van der Waals surface area contributed by atoms with Gasteiger partial charge in [-0.15, -0.1) is 0 Å². The van der Waals surface area contributed by atoms with Gasteiger partial charge in [-0.1, -0.05) is 12.1 Å². The minimum atomic E-state index is -0.528. The van der Waals surface area contributed by atoms with Crippen LogP contribution in [0, 0.1) is 13.8 Å². The van der Waals surface area contributed by atoms with Crippen LogP contribution in [0.3, 0.4) is 0 Å². The first kappa shape index (κ1) is 14.5. The molecule has 0 fully saturated rings. The summed E-state index contributed by atoms with van der Waals surface area (Å²) in [7, 11) is 1.65. The molecule has 0 aromatic heterocycles. The van der Waals surface area contributed by atoms with Crippen LogP contribution in [0.1, 0.15) is 18.1 Å². The summed E-state index contributed by atoms with van der Waals surface area (Å²) in [6, 6.07) is 5.88. The SMILES string of the molecule is Cc1ccc(C)c(OCC(=O)N(C)CC(C)O)c1. The van der Waals surface area contributed by atoms with Gasteiger partial charge in [-0.25, -0.2) is 0 Å². The van der Waals surface area contributed by atoms with E-state index in [1.54, 1.807) is 14.0 Å². The second-order valence-corrected chi connectivity index (χ2v) is 4.68. The van der Waals surface area contributed by atoms with Gasteiger partial charge in [0.25, 0.3) is 5.91 Å². The monoisotopic (exact) mass is 251 g/mol. The van der Waals surface area contributed by atoms with Crippen LogP contribution in [0.2, 0.25) is 0 Å². The fourth-order valence-electron chi connectivity index (χ4n) is 1.61. The molecule has 1 atom stereocenters. The Balaban J connectivity index is 2.54. The van der Waals surface area contributed by atoms with E-state index in [1.807, 2.05) is 32.0 Å². The number of aryl methyl sites for hydroxylation is 2. The predicted octanol–water partition coefficient (Wildman–Crippen LogP) is 1.52. The van der Waals surface area contributed by atoms with Gasteiger partial charge in [0.1, 0.15) is 5.75 Å². The van der Waals surface area contributed by atoms with Crippen LogP contribution in [0.25, 0.3) is 0 Å². The molecule has 0 spiro atoms. The Morgan fingerprint density at radius 1 is 1.44 bits per heavy atom. The van der Waals surface area contributed by atoms with Crippen molar-refractivity contribution in [3.8, 4) is 5.75 Å². The molecule has 1 N–H and O–H groups in total. The average Bonchev–Trinajstić information content (AvgIpc) is 2.29. The zero-order valence-electron chi connectivity index (χ0n) is 11.4. The summed E-state index contributed by atoms with van der Waals surface area (Å²) in [5.41, 5.74) is 2.10. The Bertz CT molecular complexity index is 416. The van der Waals surface area contributed by atoms with E-state index in [4.69, 9.17) is 4.74 Å². The lowest BCUT2D eigenvalue weighted by Gasteiger charge is -2.19. The Kier molecular flexibility index (Phi) is 5.16. The van der Waals surface area contributed by atoms with Crippen LogP contribution >= 0.6 is 0 Å². The number of aliphatic hydroxyl groups is 1. The number of nitrogens with zero attached hydrogens (tertiary/aromatic N) is 1. The smallest absolute Gasteiger partial charge is 0.260 e. The zero-order chi connectivity index (χ0) is 13.7. The van der Waals surface area contributed by atoms with Crippen molar-refractivity contribution < 1.29 is 14.6 Å². The summed E-state index contributed by atoms with van der Waals surface area (Å²) >= 11 is 0. The van der Waals surface area contributed by atoms with Crippen molar-refractivity contribution in [2.24, 2.45) is 0 Å². The summed E-state index contributed by atoms with van der Waals surface area (Å²) in [6.07, 6.45) is -0.528. The highest BCUT2D eigenvalue weighted by Crippen LogP contribution is 2.18. The maximum Gasteiger partial charge on any atom is 0.260 e. The molecule has 0 aliphatic rings. The van der Waals surface area contributed by atoms with Gasteiger partial charge in [-0.05, 0) is 38.0 Å². The number of aliphatic hydroxyl groups excluding tert-OH is 1. The van der Waals surface area contributed by atoms with Gasteiger partial charge < -0.3 is 14.7 Å². The summed E-state index contributed by atoms with van der Waals surface area (Å²) in [4.78, 5) is 13.2. The number of rotatable bonds is 5. The number of carbonyl (C=O) groups is 1. The Morgan fingerprint density at radius 3 is 2.72 bits per heavy atom. The summed E-state index contributed by atoms with van der Waals surface area (Å²) < 4.78 is 5.51. The van der Waals surface area contributed by atoms with E-state index >= 15 is 0 Å². The largest absolute Gasteiger partial charge is 0.483 e. The van der Waals surface area contributed by atoms with Crippen molar-refractivity contribution in [1.82, 2.24) is 4.90 Å². The number of ether oxygens (including phenoxy) is 1. The lowest BCUT2D eigenvalue weighted by molar-refractivity contribution is -0.133. The first-order valence-electron chi connectivity index (χ1n) is 6.02. The normalized spacial score (nSPS) is 12.1. The van der Waals surface area contributed by atoms with E-state index in [1.165, 1.54) is 4.90 Å². The van der Waals surface area contributed by atoms with E-state index in [9.17, 15) is 9.90 Å². The van der Waals surface area contributed by atoms with E-state index in [2.05, 4.69) is 0 Å². The Morgan fingerprint density at radius 2 is 2.11 bits per heavy atom. The Labute approximate surface area is 108 Å². The molecule has 0 aliphatic carbocycles. The molecule has 0 radical (unpaired) electrons.